The van der Waals surface area contributed by atoms with Gasteiger partial charge in [0.25, 0.3) is 0 Å². The molecule has 6 heteroatoms. The predicted octanol–water partition coefficient (Wildman–Crippen LogP) is 7.35. The zero-order chi connectivity index (χ0) is 22.2. The molecule has 0 aliphatic heterocycles. The lowest BCUT2D eigenvalue weighted by atomic mass is 10.1. The first-order valence-corrected chi connectivity index (χ1v) is 11.3. The molecular formula is C25H26Cl3NO2. The molecule has 164 valence electrons. The highest BCUT2D eigenvalue weighted by Gasteiger charge is 2.14. The van der Waals surface area contributed by atoms with E-state index in [4.69, 9.17) is 44.3 Å². The van der Waals surface area contributed by atoms with E-state index in [1.54, 1.807) is 31.4 Å². The predicted molar refractivity (Wildman–Crippen MR) is 130 cm³/mol. The lowest BCUT2D eigenvalue weighted by Gasteiger charge is -2.17. The summed E-state index contributed by atoms with van der Waals surface area (Å²) in [5.41, 5.74) is 3.02. The fourth-order valence-corrected chi connectivity index (χ4v) is 3.95. The summed E-state index contributed by atoms with van der Waals surface area (Å²) in [4.78, 5) is 0. The number of ether oxygens (including phenoxy) is 2. The third-order valence-electron chi connectivity index (χ3n) is 5.12. The van der Waals surface area contributed by atoms with Crippen molar-refractivity contribution >= 4 is 34.8 Å². The second-order valence-corrected chi connectivity index (χ2v) is 8.61. The van der Waals surface area contributed by atoms with Gasteiger partial charge in [-0.05, 0) is 49.1 Å². The van der Waals surface area contributed by atoms with Crippen molar-refractivity contribution < 1.29 is 9.47 Å². The van der Waals surface area contributed by atoms with Gasteiger partial charge >= 0.3 is 0 Å². The molecule has 0 aromatic heterocycles. The topological polar surface area (TPSA) is 30.5 Å². The zero-order valence-corrected chi connectivity index (χ0v) is 19.9. The van der Waals surface area contributed by atoms with E-state index in [1.165, 1.54) is 5.56 Å². The third-order valence-corrected chi connectivity index (χ3v) is 6.18. The average molecular weight is 479 g/mol. The van der Waals surface area contributed by atoms with E-state index in [2.05, 4.69) is 36.5 Å². The van der Waals surface area contributed by atoms with E-state index in [0.717, 1.165) is 24.0 Å². The molecule has 0 aliphatic rings. The minimum Gasteiger partial charge on any atom is -0.493 e. The van der Waals surface area contributed by atoms with Gasteiger partial charge in [-0.15, -0.1) is 0 Å². The Labute approximate surface area is 199 Å². The van der Waals surface area contributed by atoms with E-state index in [0.29, 0.717) is 39.2 Å². The van der Waals surface area contributed by atoms with Crippen LogP contribution in [0.2, 0.25) is 15.1 Å². The quantitative estimate of drug-likeness (QED) is 0.330. The maximum atomic E-state index is 6.53. The van der Waals surface area contributed by atoms with Crippen LogP contribution in [0.3, 0.4) is 0 Å². The number of hydrogen-bond donors (Lipinski definition) is 1. The van der Waals surface area contributed by atoms with Gasteiger partial charge in [0.05, 0.1) is 7.11 Å². The van der Waals surface area contributed by atoms with Crippen molar-refractivity contribution in [1.82, 2.24) is 5.32 Å². The highest BCUT2D eigenvalue weighted by molar-refractivity contribution is 6.36. The molecule has 3 aromatic rings. The van der Waals surface area contributed by atoms with Crippen LogP contribution in [0.4, 0.5) is 0 Å². The van der Waals surface area contributed by atoms with Crippen LogP contribution in [0, 0.1) is 0 Å². The van der Waals surface area contributed by atoms with Gasteiger partial charge in [-0.2, -0.15) is 0 Å². The van der Waals surface area contributed by atoms with Crippen molar-refractivity contribution in [3.63, 3.8) is 0 Å². The normalized spacial score (nSPS) is 11.9. The summed E-state index contributed by atoms with van der Waals surface area (Å²) < 4.78 is 11.5. The van der Waals surface area contributed by atoms with E-state index >= 15 is 0 Å². The number of benzene rings is 3. The van der Waals surface area contributed by atoms with Crippen LogP contribution in [0.1, 0.15) is 30.0 Å². The summed E-state index contributed by atoms with van der Waals surface area (Å²) in [6.45, 7) is 3.04. The minimum absolute atomic E-state index is 0.222. The number of methoxy groups -OCH3 is 1. The lowest BCUT2D eigenvalue weighted by Crippen LogP contribution is -2.26. The van der Waals surface area contributed by atoms with Gasteiger partial charge in [0.1, 0.15) is 6.61 Å². The Kier molecular flexibility index (Phi) is 8.91. The smallest absolute Gasteiger partial charge is 0.163 e. The van der Waals surface area contributed by atoms with Gasteiger partial charge < -0.3 is 14.8 Å². The first-order chi connectivity index (χ1) is 15.0. The Hall–Kier alpha value is -1.91. The Morgan fingerprint density at radius 3 is 2.26 bits per heavy atom. The Morgan fingerprint density at radius 2 is 1.58 bits per heavy atom. The van der Waals surface area contributed by atoms with Gasteiger partial charge in [0.15, 0.2) is 11.5 Å². The lowest BCUT2D eigenvalue weighted by molar-refractivity contribution is 0.284. The van der Waals surface area contributed by atoms with Crippen molar-refractivity contribution in [2.45, 2.75) is 39.0 Å². The molecule has 31 heavy (non-hydrogen) atoms. The van der Waals surface area contributed by atoms with E-state index in [9.17, 15) is 0 Å². The molecule has 3 nitrogen and oxygen atoms in total. The van der Waals surface area contributed by atoms with Gasteiger partial charge in [-0.1, -0.05) is 71.2 Å². The molecular weight excluding hydrogens is 453 g/mol. The van der Waals surface area contributed by atoms with Crippen molar-refractivity contribution in [3.8, 4) is 11.5 Å². The summed E-state index contributed by atoms with van der Waals surface area (Å²) in [5.74, 6) is 1.16. The summed E-state index contributed by atoms with van der Waals surface area (Å²) >= 11 is 19.0. The molecule has 0 saturated carbocycles. The molecule has 1 unspecified atom stereocenters. The summed E-state index contributed by atoms with van der Waals surface area (Å²) in [6.07, 6.45) is 2.07. The molecule has 0 saturated heterocycles. The van der Waals surface area contributed by atoms with Crippen molar-refractivity contribution in [2.24, 2.45) is 0 Å². The van der Waals surface area contributed by atoms with E-state index in [-0.39, 0.29) is 6.61 Å². The van der Waals surface area contributed by atoms with Gasteiger partial charge in [-0.25, -0.2) is 0 Å². The van der Waals surface area contributed by atoms with Crippen LogP contribution < -0.4 is 14.8 Å². The molecule has 1 N–H and O–H groups in total. The molecule has 3 rings (SSSR count). The summed E-state index contributed by atoms with van der Waals surface area (Å²) in [6, 6.07) is 19.9. The minimum atomic E-state index is 0.222. The first-order valence-electron chi connectivity index (χ1n) is 10.2. The molecule has 3 aromatic carbocycles. The number of nitrogens with one attached hydrogen (secondary N) is 1. The average Bonchev–Trinajstić information content (AvgIpc) is 2.77. The Bertz CT molecular complexity index is 975. The molecule has 0 bridgehead atoms. The highest BCUT2D eigenvalue weighted by atomic mass is 35.5. The van der Waals surface area contributed by atoms with Crippen LogP contribution >= 0.6 is 34.8 Å². The largest absolute Gasteiger partial charge is 0.493 e. The van der Waals surface area contributed by atoms with Crippen LogP contribution in [-0.2, 0) is 19.6 Å². The summed E-state index contributed by atoms with van der Waals surface area (Å²) in [7, 11) is 1.61. The highest BCUT2D eigenvalue weighted by Crippen LogP contribution is 2.35. The summed E-state index contributed by atoms with van der Waals surface area (Å²) in [5, 5.41) is 5.27. The number of aryl methyl sites for hydroxylation is 1. The SMILES string of the molecule is COc1cc(CNC(C)CCc2ccccc2)c(Cl)cc1OCc1c(Cl)cccc1Cl. The second-order valence-electron chi connectivity index (χ2n) is 7.39. The standard InChI is InChI=1S/C25H26Cl3NO2/c1-17(11-12-18-7-4-3-5-8-18)29-15-19-13-24(30-2)25(14-23(19)28)31-16-20-21(26)9-6-10-22(20)27/h3-10,13-14,17,29H,11-12,15-16H2,1-2H3. The van der Waals surface area contributed by atoms with Gasteiger partial charge in [0.2, 0.25) is 0 Å². The monoisotopic (exact) mass is 477 g/mol. The number of rotatable bonds is 10. The van der Waals surface area contributed by atoms with Crippen molar-refractivity contribution in [1.29, 1.82) is 0 Å². The maximum absolute atomic E-state index is 6.53. The first kappa shape index (κ1) is 23.7. The maximum Gasteiger partial charge on any atom is 0.163 e. The van der Waals surface area contributed by atoms with Crippen molar-refractivity contribution in [3.05, 3.63) is 92.4 Å². The fraction of sp³-hybridized carbons (Fsp3) is 0.280. The zero-order valence-electron chi connectivity index (χ0n) is 17.6. The Balaban J connectivity index is 1.60. The number of hydrogen-bond acceptors (Lipinski definition) is 3. The number of halogens is 3. The second kappa shape index (κ2) is 11.6. The molecule has 0 spiro atoms. The molecule has 0 aliphatic carbocycles. The fourth-order valence-electron chi connectivity index (χ4n) is 3.22. The molecule has 0 amide bonds. The molecule has 0 fully saturated rings. The Morgan fingerprint density at radius 1 is 0.871 bits per heavy atom. The molecule has 0 radical (unpaired) electrons. The van der Waals surface area contributed by atoms with Crippen LogP contribution in [-0.4, -0.2) is 13.2 Å². The van der Waals surface area contributed by atoms with E-state index in [1.807, 2.05) is 12.1 Å². The third kappa shape index (κ3) is 6.78. The molecule has 1 atom stereocenters. The van der Waals surface area contributed by atoms with Crippen molar-refractivity contribution in [2.75, 3.05) is 7.11 Å². The van der Waals surface area contributed by atoms with Crippen LogP contribution in [0.5, 0.6) is 11.5 Å². The van der Waals surface area contributed by atoms with Crippen LogP contribution in [0.25, 0.3) is 0 Å². The van der Waals surface area contributed by atoms with Crippen LogP contribution in [0.15, 0.2) is 60.7 Å². The van der Waals surface area contributed by atoms with Gasteiger partial charge in [-0.3, -0.25) is 0 Å². The molecule has 0 heterocycles. The van der Waals surface area contributed by atoms with Gasteiger partial charge in [0, 0.05) is 39.3 Å². The van der Waals surface area contributed by atoms with E-state index < -0.39 is 0 Å².